The number of aryl methyl sites for hydroxylation is 1. The number of benzene rings is 1. The fourth-order valence-electron chi connectivity index (χ4n) is 1.02. The Labute approximate surface area is 70.2 Å². The third kappa shape index (κ3) is 2.01. The van der Waals surface area contributed by atoms with Gasteiger partial charge in [0.1, 0.15) is 0 Å². The van der Waals surface area contributed by atoms with Gasteiger partial charge in [0.2, 0.25) is 0 Å². The van der Waals surface area contributed by atoms with Gasteiger partial charge in [0.25, 0.3) is 6.43 Å². The summed E-state index contributed by atoms with van der Waals surface area (Å²) < 4.78 is 24.2. The Morgan fingerprint density at radius 1 is 1.33 bits per heavy atom. The third-order valence-corrected chi connectivity index (χ3v) is 1.70. The van der Waals surface area contributed by atoms with Crippen molar-refractivity contribution in [3.05, 3.63) is 35.4 Å². The van der Waals surface area contributed by atoms with E-state index in [-0.39, 0.29) is 0 Å². The first-order chi connectivity index (χ1) is 5.61. The van der Waals surface area contributed by atoms with Crippen molar-refractivity contribution in [2.24, 2.45) is 5.73 Å². The summed E-state index contributed by atoms with van der Waals surface area (Å²) in [5.74, 6) is 0. The summed E-state index contributed by atoms with van der Waals surface area (Å²) in [5, 5.41) is 0. The summed E-state index contributed by atoms with van der Waals surface area (Å²) in [6.07, 6.45) is -2.49. The van der Waals surface area contributed by atoms with Gasteiger partial charge in [0.15, 0.2) is 0 Å². The van der Waals surface area contributed by atoms with Crippen LogP contribution in [0.15, 0.2) is 24.3 Å². The van der Waals surface area contributed by atoms with E-state index in [1.807, 2.05) is 13.0 Å². The van der Waals surface area contributed by atoms with Gasteiger partial charge in [-0.1, -0.05) is 29.8 Å². The summed E-state index contributed by atoms with van der Waals surface area (Å²) in [5.41, 5.74) is 6.70. The van der Waals surface area contributed by atoms with Gasteiger partial charge in [-0.3, -0.25) is 0 Å². The lowest BCUT2D eigenvalue weighted by Gasteiger charge is -2.10. The van der Waals surface area contributed by atoms with Crippen LogP contribution in [0.25, 0.3) is 0 Å². The second-order valence-electron chi connectivity index (χ2n) is 2.77. The zero-order valence-electron chi connectivity index (χ0n) is 6.80. The molecule has 0 saturated carbocycles. The maximum absolute atomic E-state index is 12.1. The van der Waals surface area contributed by atoms with Crippen LogP contribution >= 0.6 is 0 Å². The van der Waals surface area contributed by atoms with Crippen molar-refractivity contribution >= 4 is 0 Å². The van der Waals surface area contributed by atoms with Crippen LogP contribution in [0.3, 0.4) is 0 Å². The van der Waals surface area contributed by atoms with Crippen LogP contribution in [0.2, 0.25) is 0 Å². The molecule has 1 aromatic rings. The van der Waals surface area contributed by atoms with E-state index in [9.17, 15) is 8.78 Å². The molecule has 1 rings (SSSR count). The fraction of sp³-hybridized carbons (Fsp3) is 0.333. The monoisotopic (exact) mass is 171 g/mol. The van der Waals surface area contributed by atoms with Crippen LogP contribution in [0.4, 0.5) is 8.78 Å². The van der Waals surface area contributed by atoms with Crippen molar-refractivity contribution in [3.63, 3.8) is 0 Å². The molecule has 0 amide bonds. The molecule has 0 radical (unpaired) electrons. The summed E-state index contributed by atoms with van der Waals surface area (Å²) in [6, 6.07) is 5.71. The van der Waals surface area contributed by atoms with Crippen molar-refractivity contribution in [2.75, 3.05) is 0 Å². The van der Waals surface area contributed by atoms with Crippen molar-refractivity contribution < 1.29 is 8.78 Å². The molecule has 0 aliphatic rings. The smallest absolute Gasteiger partial charge is 0.257 e. The number of nitrogens with two attached hydrogens (primary N) is 1. The summed E-state index contributed by atoms with van der Waals surface area (Å²) >= 11 is 0. The van der Waals surface area contributed by atoms with Crippen LogP contribution in [-0.4, -0.2) is 6.43 Å². The summed E-state index contributed by atoms with van der Waals surface area (Å²) in [6.45, 7) is 1.85. The first-order valence-corrected chi connectivity index (χ1v) is 3.71. The van der Waals surface area contributed by atoms with Crippen LogP contribution < -0.4 is 5.73 Å². The Kier molecular flexibility index (Phi) is 2.76. The maximum Gasteiger partial charge on any atom is 0.257 e. The molecule has 0 spiro atoms. The van der Waals surface area contributed by atoms with E-state index in [0.29, 0.717) is 5.56 Å². The number of hydrogen-bond donors (Lipinski definition) is 1. The molecule has 0 aliphatic carbocycles. The van der Waals surface area contributed by atoms with Gasteiger partial charge < -0.3 is 5.73 Å². The zero-order chi connectivity index (χ0) is 9.14. The minimum atomic E-state index is -2.49. The third-order valence-electron chi connectivity index (χ3n) is 1.70. The standard InChI is InChI=1S/C9H11F2N/c1-6-3-2-4-7(5-6)8(12)9(10)11/h2-5,8-9H,12H2,1H3. The second-order valence-corrected chi connectivity index (χ2v) is 2.77. The van der Waals surface area contributed by atoms with Crippen molar-refractivity contribution in [1.82, 2.24) is 0 Å². The van der Waals surface area contributed by atoms with E-state index < -0.39 is 12.5 Å². The number of alkyl halides is 2. The average Bonchev–Trinajstić information content (AvgIpc) is 2.03. The lowest BCUT2D eigenvalue weighted by molar-refractivity contribution is 0.116. The molecule has 12 heavy (non-hydrogen) atoms. The largest absolute Gasteiger partial charge is 0.319 e. The Hall–Kier alpha value is -0.960. The lowest BCUT2D eigenvalue weighted by Crippen LogP contribution is -2.18. The molecule has 66 valence electrons. The molecule has 1 unspecified atom stereocenters. The number of rotatable bonds is 2. The van der Waals surface area contributed by atoms with Gasteiger partial charge >= 0.3 is 0 Å². The number of hydrogen-bond acceptors (Lipinski definition) is 1. The Balaban J connectivity index is 2.88. The SMILES string of the molecule is Cc1cccc(C(N)C(F)F)c1. The van der Waals surface area contributed by atoms with Crippen LogP contribution in [0.1, 0.15) is 17.2 Å². The van der Waals surface area contributed by atoms with E-state index in [2.05, 4.69) is 0 Å². The maximum atomic E-state index is 12.1. The average molecular weight is 171 g/mol. The van der Waals surface area contributed by atoms with E-state index in [4.69, 9.17) is 5.73 Å². The predicted molar refractivity (Wildman–Crippen MR) is 44.1 cm³/mol. The predicted octanol–water partition coefficient (Wildman–Crippen LogP) is 2.26. The van der Waals surface area contributed by atoms with Crippen LogP contribution in [-0.2, 0) is 0 Å². The molecule has 0 aliphatic heterocycles. The fourth-order valence-corrected chi connectivity index (χ4v) is 1.02. The van der Waals surface area contributed by atoms with Gasteiger partial charge in [0, 0.05) is 0 Å². The highest BCUT2D eigenvalue weighted by Gasteiger charge is 2.16. The van der Waals surface area contributed by atoms with Gasteiger partial charge in [0.05, 0.1) is 6.04 Å². The topological polar surface area (TPSA) is 26.0 Å². The van der Waals surface area contributed by atoms with E-state index >= 15 is 0 Å². The highest BCUT2D eigenvalue weighted by Crippen LogP contribution is 2.18. The molecule has 0 bridgehead atoms. The Bertz CT molecular complexity index is 260. The van der Waals surface area contributed by atoms with Crippen molar-refractivity contribution in [3.8, 4) is 0 Å². The van der Waals surface area contributed by atoms with E-state index in [0.717, 1.165) is 5.56 Å². The highest BCUT2D eigenvalue weighted by atomic mass is 19.3. The molecular weight excluding hydrogens is 160 g/mol. The molecule has 0 aromatic heterocycles. The molecule has 3 heteroatoms. The first-order valence-electron chi connectivity index (χ1n) is 3.71. The molecule has 0 heterocycles. The molecule has 1 aromatic carbocycles. The lowest BCUT2D eigenvalue weighted by atomic mass is 10.1. The highest BCUT2D eigenvalue weighted by molar-refractivity contribution is 5.25. The van der Waals surface area contributed by atoms with E-state index in [1.165, 1.54) is 0 Å². The molecule has 0 fully saturated rings. The van der Waals surface area contributed by atoms with Crippen LogP contribution in [0, 0.1) is 6.92 Å². The molecule has 0 saturated heterocycles. The van der Waals surface area contributed by atoms with Crippen LogP contribution in [0.5, 0.6) is 0 Å². The zero-order valence-corrected chi connectivity index (χ0v) is 6.80. The van der Waals surface area contributed by atoms with Crippen molar-refractivity contribution in [1.29, 1.82) is 0 Å². The van der Waals surface area contributed by atoms with Gasteiger partial charge in [-0.2, -0.15) is 0 Å². The second kappa shape index (κ2) is 3.63. The van der Waals surface area contributed by atoms with Crippen molar-refractivity contribution in [2.45, 2.75) is 19.4 Å². The minimum absolute atomic E-state index is 0.491. The van der Waals surface area contributed by atoms with Gasteiger partial charge in [-0.25, -0.2) is 8.78 Å². The molecule has 2 N–H and O–H groups in total. The van der Waals surface area contributed by atoms with Gasteiger partial charge in [-0.05, 0) is 12.5 Å². The quantitative estimate of drug-likeness (QED) is 0.725. The summed E-state index contributed by atoms with van der Waals surface area (Å²) in [4.78, 5) is 0. The Morgan fingerprint density at radius 3 is 2.50 bits per heavy atom. The van der Waals surface area contributed by atoms with Gasteiger partial charge in [-0.15, -0.1) is 0 Å². The molecular formula is C9H11F2N. The first kappa shape index (κ1) is 9.13. The minimum Gasteiger partial charge on any atom is -0.319 e. The summed E-state index contributed by atoms with van der Waals surface area (Å²) in [7, 11) is 0. The normalized spacial score (nSPS) is 13.4. The molecule has 1 atom stereocenters. The van der Waals surface area contributed by atoms with E-state index in [1.54, 1.807) is 18.2 Å². The Morgan fingerprint density at radius 2 is 2.00 bits per heavy atom. The molecule has 1 nitrogen and oxygen atoms in total. The number of halogens is 2.